The molecule has 1 aromatic heterocycles. The second kappa shape index (κ2) is 10.9. The molecule has 0 aliphatic heterocycles. The summed E-state index contributed by atoms with van der Waals surface area (Å²) >= 11 is 0. The van der Waals surface area contributed by atoms with E-state index in [-0.39, 0.29) is 12.1 Å². The van der Waals surface area contributed by atoms with Crippen LogP contribution in [0, 0.1) is 13.8 Å². The molecule has 0 aliphatic carbocycles. The number of nitrogens with zero attached hydrogens (tertiary/aromatic N) is 1. The molecule has 0 amide bonds. The minimum absolute atomic E-state index is 0.0531. The summed E-state index contributed by atoms with van der Waals surface area (Å²) in [6.07, 6.45) is 1.82. The number of pyridine rings is 1. The van der Waals surface area contributed by atoms with Gasteiger partial charge in [-0.3, -0.25) is 0 Å². The Kier molecular flexibility index (Phi) is 7.09. The van der Waals surface area contributed by atoms with Crippen LogP contribution in [-0.2, 0) is 0 Å². The Labute approximate surface area is 213 Å². The minimum Gasteiger partial charge on any atom is -0.375 e. The molecule has 0 saturated carbocycles. The zero-order valence-corrected chi connectivity index (χ0v) is 20.7. The molecular formula is C33H31N3. The summed E-state index contributed by atoms with van der Waals surface area (Å²) < 4.78 is 0. The van der Waals surface area contributed by atoms with Gasteiger partial charge in [-0.05, 0) is 48.7 Å². The van der Waals surface area contributed by atoms with Crippen molar-refractivity contribution in [1.82, 2.24) is 4.98 Å². The third kappa shape index (κ3) is 5.47. The number of hydrogen-bond acceptors (Lipinski definition) is 3. The molecule has 3 heteroatoms. The van der Waals surface area contributed by atoms with E-state index in [0.29, 0.717) is 0 Å². The lowest BCUT2D eigenvalue weighted by Crippen LogP contribution is -2.26. The fourth-order valence-corrected chi connectivity index (χ4v) is 4.80. The highest BCUT2D eigenvalue weighted by Gasteiger charge is 2.26. The van der Waals surface area contributed by atoms with Gasteiger partial charge in [0.15, 0.2) is 0 Å². The van der Waals surface area contributed by atoms with Gasteiger partial charge >= 0.3 is 0 Å². The Balaban J connectivity index is 1.61. The van der Waals surface area contributed by atoms with Crippen LogP contribution in [0.25, 0.3) is 11.1 Å². The number of benzene rings is 4. The van der Waals surface area contributed by atoms with Crippen molar-refractivity contribution in [2.75, 3.05) is 10.6 Å². The predicted octanol–water partition coefficient (Wildman–Crippen LogP) is 8.37. The summed E-state index contributed by atoms with van der Waals surface area (Å²) in [5.41, 5.74) is 8.42. The maximum absolute atomic E-state index is 4.57. The first-order valence-electron chi connectivity index (χ1n) is 12.4. The van der Waals surface area contributed by atoms with Crippen LogP contribution in [0.4, 0.5) is 11.5 Å². The summed E-state index contributed by atoms with van der Waals surface area (Å²) in [5.74, 6) is 0.844. The van der Waals surface area contributed by atoms with Crippen molar-refractivity contribution in [3.63, 3.8) is 0 Å². The first-order valence-corrected chi connectivity index (χ1v) is 12.4. The molecule has 0 radical (unpaired) electrons. The zero-order chi connectivity index (χ0) is 24.7. The Morgan fingerprint density at radius 3 is 1.72 bits per heavy atom. The van der Waals surface area contributed by atoms with E-state index in [9.17, 15) is 0 Å². The van der Waals surface area contributed by atoms with Gasteiger partial charge in [0, 0.05) is 17.4 Å². The van der Waals surface area contributed by atoms with Crippen LogP contribution in [0.3, 0.4) is 0 Å². The van der Waals surface area contributed by atoms with Crippen molar-refractivity contribution < 1.29 is 0 Å². The van der Waals surface area contributed by atoms with E-state index >= 15 is 0 Å². The first-order chi connectivity index (χ1) is 17.7. The molecule has 36 heavy (non-hydrogen) atoms. The highest BCUT2D eigenvalue weighted by atomic mass is 15.1. The Bertz CT molecular complexity index is 1380. The molecule has 5 aromatic rings. The monoisotopic (exact) mass is 469 g/mol. The van der Waals surface area contributed by atoms with Crippen molar-refractivity contribution in [3.05, 3.63) is 150 Å². The van der Waals surface area contributed by atoms with Crippen molar-refractivity contribution in [1.29, 1.82) is 0 Å². The third-order valence-electron chi connectivity index (χ3n) is 6.39. The summed E-state index contributed by atoms with van der Waals surface area (Å²) in [6.45, 7) is 4.31. The van der Waals surface area contributed by atoms with Gasteiger partial charge in [-0.25, -0.2) is 4.98 Å². The molecule has 5 rings (SSSR count). The van der Waals surface area contributed by atoms with Crippen molar-refractivity contribution in [2.24, 2.45) is 0 Å². The molecule has 0 aliphatic rings. The summed E-state index contributed by atoms with van der Waals surface area (Å²) in [7, 11) is 0. The second-order valence-corrected chi connectivity index (χ2v) is 9.20. The molecule has 2 atom stereocenters. The van der Waals surface area contributed by atoms with Crippen LogP contribution < -0.4 is 10.6 Å². The molecular weight excluding hydrogens is 438 g/mol. The Morgan fingerprint density at radius 2 is 1.11 bits per heavy atom. The third-order valence-corrected chi connectivity index (χ3v) is 6.39. The fraction of sp³-hybridized carbons (Fsp3) is 0.121. The van der Waals surface area contributed by atoms with Gasteiger partial charge in [-0.1, -0.05) is 114 Å². The van der Waals surface area contributed by atoms with Gasteiger partial charge < -0.3 is 10.6 Å². The highest BCUT2D eigenvalue weighted by molar-refractivity contribution is 5.79. The van der Waals surface area contributed by atoms with Gasteiger partial charge in [0.1, 0.15) is 5.82 Å². The largest absolute Gasteiger partial charge is 0.375 e. The van der Waals surface area contributed by atoms with Gasteiger partial charge in [0.2, 0.25) is 0 Å². The normalized spacial score (nSPS) is 12.5. The van der Waals surface area contributed by atoms with Crippen LogP contribution in [0.2, 0.25) is 0 Å². The van der Waals surface area contributed by atoms with Crippen molar-refractivity contribution >= 4 is 11.5 Å². The molecule has 4 aromatic carbocycles. The average Bonchev–Trinajstić information content (AvgIpc) is 2.92. The summed E-state index contributed by atoms with van der Waals surface area (Å²) in [6, 6.07) is 42.4. The summed E-state index contributed by atoms with van der Waals surface area (Å²) in [5, 5.41) is 7.65. The number of hydrogen-bond donors (Lipinski definition) is 2. The second-order valence-electron chi connectivity index (χ2n) is 9.20. The molecule has 3 nitrogen and oxygen atoms in total. The van der Waals surface area contributed by atoms with E-state index in [1.165, 1.54) is 33.4 Å². The molecule has 2 N–H and O–H groups in total. The number of anilines is 2. The van der Waals surface area contributed by atoms with Crippen LogP contribution in [-0.4, -0.2) is 4.98 Å². The molecule has 0 unspecified atom stereocenters. The standard InChI is InChI=1S/C33H31N3/c1-24-21-25(2)23-28(22-24)29-17-9-10-18-30(29)35-32(26-13-5-3-6-14-26)33(27-15-7-4-8-16-27)36-31-19-11-12-20-34-31/h3-23,32-33,35H,1-2H3,(H,34,36)/t32-,33-/m0/s1. The number of aromatic nitrogens is 1. The van der Waals surface area contributed by atoms with Crippen LogP contribution >= 0.6 is 0 Å². The van der Waals surface area contributed by atoms with Gasteiger partial charge in [0.05, 0.1) is 12.1 Å². The van der Waals surface area contributed by atoms with Crippen LogP contribution in [0.15, 0.2) is 128 Å². The van der Waals surface area contributed by atoms with E-state index in [4.69, 9.17) is 0 Å². The lowest BCUT2D eigenvalue weighted by molar-refractivity contribution is 0.647. The smallest absolute Gasteiger partial charge is 0.126 e. The predicted molar refractivity (Wildman–Crippen MR) is 151 cm³/mol. The topological polar surface area (TPSA) is 37.0 Å². The molecule has 178 valence electrons. The van der Waals surface area contributed by atoms with E-state index in [1.807, 2.05) is 24.4 Å². The minimum atomic E-state index is -0.0594. The quantitative estimate of drug-likeness (QED) is 0.240. The van der Waals surface area contributed by atoms with Crippen LogP contribution in [0.1, 0.15) is 34.3 Å². The number of rotatable bonds is 8. The fourth-order valence-electron chi connectivity index (χ4n) is 4.80. The van der Waals surface area contributed by atoms with Gasteiger partial charge in [-0.15, -0.1) is 0 Å². The van der Waals surface area contributed by atoms with Gasteiger partial charge in [-0.2, -0.15) is 0 Å². The van der Waals surface area contributed by atoms with Gasteiger partial charge in [0.25, 0.3) is 0 Å². The van der Waals surface area contributed by atoms with Crippen molar-refractivity contribution in [3.8, 4) is 11.1 Å². The van der Waals surface area contributed by atoms with Crippen LogP contribution in [0.5, 0.6) is 0 Å². The lowest BCUT2D eigenvalue weighted by Gasteiger charge is -2.32. The maximum Gasteiger partial charge on any atom is 0.126 e. The zero-order valence-electron chi connectivity index (χ0n) is 20.7. The van der Waals surface area contributed by atoms with E-state index in [1.54, 1.807) is 0 Å². The van der Waals surface area contributed by atoms with E-state index in [0.717, 1.165) is 11.5 Å². The van der Waals surface area contributed by atoms with Crippen molar-refractivity contribution in [2.45, 2.75) is 25.9 Å². The number of para-hydroxylation sites is 1. The molecule has 0 saturated heterocycles. The summed E-state index contributed by atoms with van der Waals surface area (Å²) in [4.78, 5) is 4.57. The lowest BCUT2D eigenvalue weighted by atomic mass is 9.92. The molecule has 0 bridgehead atoms. The SMILES string of the molecule is Cc1cc(C)cc(-c2ccccc2N[C@@H](c2ccccc2)[C@@H](Nc2ccccn2)c2ccccc2)c1. The Hall–Kier alpha value is -4.37. The first kappa shape index (κ1) is 23.4. The van der Waals surface area contributed by atoms with E-state index in [2.05, 4.69) is 133 Å². The Morgan fingerprint density at radius 1 is 0.556 bits per heavy atom. The molecule has 0 spiro atoms. The highest BCUT2D eigenvalue weighted by Crippen LogP contribution is 2.38. The van der Waals surface area contributed by atoms with E-state index < -0.39 is 0 Å². The molecule has 0 fully saturated rings. The number of nitrogens with one attached hydrogen (secondary N) is 2. The number of aryl methyl sites for hydroxylation is 2. The molecule has 1 heterocycles. The average molecular weight is 470 g/mol. The maximum atomic E-state index is 4.57.